The highest BCUT2D eigenvalue weighted by Gasteiger charge is 2.15. The quantitative estimate of drug-likeness (QED) is 0.610. The Hall–Kier alpha value is -1.42. The van der Waals surface area contributed by atoms with Gasteiger partial charge in [-0.2, -0.15) is 0 Å². The Morgan fingerprint density at radius 3 is 2.53 bits per heavy atom. The van der Waals surface area contributed by atoms with Crippen molar-refractivity contribution in [3.8, 4) is 0 Å². The molecule has 0 aliphatic rings. The lowest BCUT2D eigenvalue weighted by atomic mass is 9.98. The van der Waals surface area contributed by atoms with Crippen molar-refractivity contribution >= 4 is 5.69 Å². The molecule has 4 heteroatoms. The van der Waals surface area contributed by atoms with Gasteiger partial charge in [0.2, 0.25) is 0 Å². The Bertz CT molecular complexity index is 377. The number of para-hydroxylation sites is 1. The first kappa shape index (κ1) is 13.6. The molecular weight excluding hydrogens is 216 g/mol. The molecule has 0 saturated heterocycles. The van der Waals surface area contributed by atoms with Crippen LogP contribution in [0.3, 0.4) is 0 Å². The summed E-state index contributed by atoms with van der Waals surface area (Å²) in [6.07, 6.45) is 2.54. The number of hydrogen-bond acceptors (Lipinski definition) is 3. The minimum Gasteiger partial charge on any atom is -0.327 e. The van der Waals surface area contributed by atoms with Crippen LogP contribution in [-0.4, -0.2) is 11.0 Å². The molecule has 0 radical (unpaired) electrons. The molecule has 0 spiro atoms. The number of benzene rings is 1. The van der Waals surface area contributed by atoms with Gasteiger partial charge < -0.3 is 5.73 Å². The summed E-state index contributed by atoms with van der Waals surface area (Å²) in [6, 6.07) is 6.81. The van der Waals surface area contributed by atoms with Gasteiger partial charge in [0.15, 0.2) is 0 Å². The van der Waals surface area contributed by atoms with E-state index in [0.29, 0.717) is 12.3 Å². The first-order valence-corrected chi connectivity index (χ1v) is 5.98. The fourth-order valence-electron chi connectivity index (χ4n) is 1.79. The van der Waals surface area contributed by atoms with E-state index in [2.05, 4.69) is 13.8 Å². The number of nitro groups is 1. The molecule has 1 rings (SSSR count). The van der Waals surface area contributed by atoms with E-state index in [9.17, 15) is 10.1 Å². The van der Waals surface area contributed by atoms with Crippen LogP contribution in [0.5, 0.6) is 0 Å². The molecule has 2 N–H and O–H groups in total. The van der Waals surface area contributed by atoms with E-state index < -0.39 is 0 Å². The topological polar surface area (TPSA) is 69.2 Å². The molecule has 0 saturated carbocycles. The van der Waals surface area contributed by atoms with E-state index in [4.69, 9.17) is 5.73 Å². The fraction of sp³-hybridized carbons (Fsp3) is 0.538. The zero-order valence-corrected chi connectivity index (χ0v) is 10.4. The lowest BCUT2D eigenvalue weighted by Crippen LogP contribution is -2.23. The summed E-state index contributed by atoms with van der Waals surface area (Å²) < 4.78 is 0. The highest BCUT2D eigenvalue weighted by atomic mass is 16.6. The summed E-state index contributed by atoms with van der Waals surface area (Å²) >= 11 is 0. The van der Waals surface area contributed by atoms with E-state index in [1.807, 2.05) is 6.07 Å². The van der Waals surface area contributed by atoms with Crippen molar-refractivity contribution in [2.24, 2.45) is 11.7 Å². The number of hydrogen-bond donors (Lipinski definition) is 1. The molecule has 1 atom stereocenters. The Labute approximate surface area is 102 Å². The number of nitrogens with two attached hydrogens (primary N) is 1. The van der Waals surface area contributed by atoms with Gasteiger partial charge in [0.25, 0.3) is 5.69 Å². The van der Waals surface area contributed by atoms with Crippen LogP contribution < -0.4 is 5.73 Å². The SMILES string of the molecule is CC(C)CCC(N)Cc1ccccc1[N+](=O)[O-]. The highest BCUT2D eigenvalue weighted by Crippen LogP contribution is 2.20. The van der Waals surface area contributed by atoms with Gasteiger partial charge in [-0.15, -0.1) is 0 Å². The van der Waals surface area contributed by atoms with E-state index in [-0.39, 0.29) is 16.7 Å². The summed E-state index contributed by atoms with van der Waals surface area (Å²) in [4.78, 5) is 10.5. The smallest absolute Gasteiger partial charge is 0.272 e. The van der Waals surface area contributed by atoms with E-state index in [0.717, 1.165) is 18.4 Å². The fourth-order valence-corrected chi connectivity index (χ4v) is 1.79. The second-order valence-electron chi connectivity index (χ2n) is 4.82. The predicted octanol–water partition coefficient (Wildman–Crippen LogP) is 2.90. The van der Waals surface area contributed by atoms with Gasteiger partial charge in [0.1, 0.15) is 0 Å². The van der Waals surface area contributed by atoms with Gasteiger partial charge in [-0.05, 0) is 25.2 Å². The second-order valence-corrected chi connectivity index (χ2v) is 4.82. The molecule has 0 heterocycles. The molecule has 1 aromatic rings. The molecule has 0 bridgehead atoms. The maximum Gasteiger partial charge on any atom is 0.272 e. The third-order valence-electron chi connectivity index (χ3n) is 2.79. The molecule has 0 aromatic heterocycles. The van der Waals surface area contributed by atoms with Crippen molar-refractivity contribution in [3.05, 3.63) is 39.9 Å². The van der Waals surface area contributed by atoms with Crippen LogP contribution in [0.25, 0.3) is 0 Å². The average Bonchev–Trinajstić information content (AvgIpc) is 2.27. The second kappa shape index (κ2) is 6.35. The third-order valence-corrected chi connectivity index (χ3v) is 2.79. The van der Waals surface area contributed by atoms with Crippen LogP contribution in [0.2, 0.25) is 0 Å². The first-order valence-electron chi connectivity index (χ1n) is 5.98. The van der Waals surface area contributed by atoms with Gasteiger partial charge in [-0.1, -0.05) is 32.0 Å². The number of nitro benzene ring substituents is 1. The number of rotatable bonds is 6. The molecule has 17 heavy (non-hydrogen) atoms. The number of nitrogens with zero attached hydrogens (tertiary/aromatic N) is 1. The largest absolute Gasteiger partial charge is 0.327 e. The highest BCUT2D eigenvalue weighted by molar-refractivity contribution is 5.40. The monoisotopic (exact) mass is 236 g/mol. The molecule has 1 unspecified atom stereocenters. The Morgan fingerprint density at radius 1 is 1.29 bits per heavy atom. The van der Waals surface area contributed by atoms with Gasteiger partial charge in [-0.3, -0.25) is 10.1 Å². The van der Waals surface area contributed by atoms with Crippen molar-refractivity contribution < 1.29 is 4.92 Å². The van der Waals surface area contributed by atoms with Gasteiger partial charge in [0, 0.05) is 17.7 Å². The van der Waals surface area contributed by atoms with Gasteiger partial charge in [0.05, 0.1) is 4.92 Å². The lowest BCUT2D eigenvalue weighted by Gasteiger charge is -2.13. The normalized spacial score (nSPS) is 12.7. The van der Waals surface area contributed by atoms with Crippen LogP contribution in [-0.2, 0) is 6.42 Å². The van der Waals surface area contributed by atoms with Crippen LogP contribution in [0, 0.1) is 16.0 Å². The minimum atomic E-state index is -0.343. The minimum absolute atomic E-state index is 0.00139. The Balaban J connectivity index is 2.64. The molecule has 0 aliphatic carbocycles. The van der Waals surface area contributed by atoms with Crippen molar-refractivity contribution in [3.63, 3.8) is 0 Å². The van der Waals surface area contributed by atoms with Crippen LogP contribution in [0.4, 0.5) is 5.69 Å². The van der Waals surface area contributed by atoms with Gasteiger partial charge in [-0.25, -0.2) is 0 Å². The van der Waals surface area contributed by atoms with Crippen molar-refractivity contribution in [2.45, 2.75) is 39.2 Å². The summed E-state index contributed by atoms with van der Waals surface area (Å²) in [7, 11) is 0. The Morgan fingerprint density at radius 2 is 1.94 bits per heavy atom. The van der Waals surface area contributed by atoms with Crippen LogP contribution in [0.1, 0.15) is 32.3 Å². The summed E-state index contributed by atoms with van der Waals surface area (Å²) in [5, 5.41) is 10.8. The maximum absolute atomic E-state index is 10.8. The summed E-state index contributed by atoms with van der Waals surface area (Å²) in [6.45, 7) is 4.30. The van der Waals surface area contributed by atoms with Crippen molar-refractivity contribution in [2.75, 3.05) is 0 Å². The van der Waals surface area contributed by atoms with E-state index >= 15 is 0 Å². The average molecular weight is 236 g/mol. The molecular formula is C13H20N2O2. The molecule has 1 aromatic carbocycles. The zero-order chi connectivity index (χ0) is 12.8. The van der Waals surface area contributed by atoms with Crippen LogP contribution in [0.15, 0.2) is 24.3 Å². The maximum atomic E-state index is 10.8. The molecule has 0 amide bonds. The predicted molar refractivity (Wildman–Crippen MR) is 68.8 cm³/mol. The molecule has 4 nitrogen and oxygen atoms in total. The van der Waals surface area contributed by atoms with Crippen LogP contribution >= 0.6 is 0 Å². The summed E-state index contributed by atoms with van der Waals surface area (Å²) in [5.74, 6) is 0.617. The van der Waals surface area contributed by atoms with E-state index in [1.54, 1.807) is 12.1 Å². The molecule has 0 aliphatic heterocycles. The molecule has 0 fully saturated rings. The lowest BCUT2D eigenvalue weighted by molar-refractivity contribution is -0.385. The third kappa shape index (κ3) is 4.53. The van der Waals surface area contributed by atoms with E-state index in [1.165, 1.54) is 6.07 Å². The van der Waals surface area contributed by atoms with Gasteiger partial charge >= 0.3 is 0 Å². The van der Waals surface area contributed by atoms with Crippen molar-refractivity contribution in [1.29, 1.82) is 0 Å². The standard InChI is InChI=1S/C13H20N2O2/c1-10(2)7-8-12(14)9-11-5-3-4-6-13(11)15(16)17/h3-6,10,12H,7-9,14H2,1-2H3. The first-order chi connectivity index (χ1) is 8.00. The zero-order valence-electron chi connectivity index (χ0n) is 10.4. The molecule has 94 valence electrons. The Kier molecular flexibility index (Phi) is 5.10. The van der Waals surface area contributed by atoms with Crippen molar-refractivity contribution in [1.82, 2.24) is 0 Å². The summed E-state index contributed by atoms with van der Waals surface area (Å²) in [5.41, 5.74) is 6.90.